The third-order valence-corrected chi connectivity index (χ3v) is 5.77. The Balaban J connectivity index is 1.26. The van der Waals surface area contributed by atoms with E-state index in [9.17, 15) is 29.4 Å². The van der Waals surface area contributed by atoms with Gasteiger partial charge < -0.3 is 33.9 Å². The Hall–Kier alpha value is -5.70. The van der Waals surface area contributed by atoms with Crippen molar-refractivity contribution in [1.29, 1.82) is 0 Å². The Labute approximate surface area is 243 Å². The lowest BCUT2D eigenvalue weighted by Crippen LogP contribution is -2.24. The number of aromatic nitrogens is 4. The molecule has 0 radical (unpaired) electrons. The molecule has 2 aromatic carbocycles. The van der Waals surface area contributed by atoms with Crippen molar-refractivity contribution < 1.29 is 43.5 Å². The smallest absolute Gasteiger partial charge is 0.362 e. The van der Waals surface area contributed by atoms with Gasteiger partial charge in [-0.1, -0.05) is 0 Å². The molecule has 0 aliphatic heterocycles. The van der Waals surface area contributed by atoms with Crippen molar-refractivity contribution in [3.8, 4) is 34.4 Å². The van der Waals surface area contributed by atoms with E-state index in [1.54, 1.807) is 48.5 Å². The fraction of sp³-hybridized carbons (Fsp3) is 0.214. The number of benzene rings is 2. The number of carbonyl (C=O) groups excluding carboxylic acids is 2. The fourth-order valence-corrected chi connectivity index (χ4v) is 3.63. The number of methoxy groups -OCH3 is 2. The van der Waals surface area contributed by atoms with Gasteiger partial charge >= 0.3 is 11.9 Å². The summed E-state index contributed by atoms with van der Waals surface area (Å²) in [5, 5.41) is 27.9. The lowest BCUT2D eigenvalue weighted by molar-refractivity contribution is 0.0141. The highest BCUT2D eigenvalue weighted by Crippen LogP contribution is 2.18. The average Bonchev–Trinajstić information content (AvgIpc) is 3.00. The zero-order chi connectivity index (χ0) is 30.9. The Bertz CT molecular complexity index is 1590. The van der Waals surface area contributed by atoms with Gasteiger partial charge in [-0.05, 0) is 48.5 Å². The number of nitrogens with zero attached hydrogens (tertiary/aromatic N) is 4. The van der Waals surface area contributed by atoms with Crippen LogP contribution in [0.25, 0.3) is 11.4 Å². The zero-order valence-corrected chi connectivity index (χ0v) is 23.0. The van der Waals surface area contributed by atoms with E-state index in [-0.39, 0.29) is 26.4 Å². The maximum Gasteiger partial charge on any atom is 0.362 e. The van der Waals surface area contributed by atoms with E-state index in [4.69, 9.17) is 23.7 Å². The van der Waals surface area contributed by atoms with E-state index in [1.807, 2.05) is 0 Å². The van der Waals surface area contributed by atoms with Crippen LogP contribution in [0.3, 0.4) is 0 Å². The van der Waals surface area contributed by atoms with Crippen LogP contribution in [0, 0.1) is 0 Å². The monoisotopic (exact) mass is 594 g/mol. The highest BCUT2D eigenvalue weighted by Gasteiger charge is 2.20. The topological polar surface area (TPSA) is 191 Å². The molecule has 0 amide bonds. The van der Waals surface area contributed by atoms with Crippen LogP contribution in [0.15, 0.2) is 70.3 Å². The molecule has 2 aromatic heterocycles. The number of rotatable bonds is 12. The van der Waals surface area contributed by atoms with Crippen molar-refractivity contribution in [2.24, 2.45) is 0 Å². The summed E-state index contributed by atoms with van der Waals surface area (Å²) in [5.41, 5.74) is -1.62. The Morgan fingerprint density at radius 1 is 0.651 bits per heavy atom. The van der Waals surface area contributed by atoms with Gasteiger partial charge in [0.15, 0.2) is 11.5 Å². The first-order chi connectivity index (χ1) is 20.7. The highest BCUT2D eigenvalue weighted by molar-refractivity contribution is 5.90. The minimum atomic E-state index is -0.997. The van der Waals surface area contributed by atoms with Crippen molar-refractivity contribution in [1.82, 2.24) is 19.6 Å². The number of hydrogen-bond donors (Lipinski definition) is 2. The summed E-state index contributed by atoms with van der Waals surface area (Å²) in [6.45, 7) is -0.697. The predicted octanol–water partition coefficient (Wildman–Crippen LogP) is 1.24. The van der Waals surface area contributed by atoms with Crippen LogP contribution < -0.4 is 20.6 Å². The molecule has 2 N–H and O–H groups in total. The van der Waals surface area contributed by atoms with Crippen LogP contribution in [0.1, 0.15) is 21.0 Å². The molecule has 2 heterocycles. The van der Waals surface area contributed by atoms with E-state index in [1.165, 1.54) is 14.2 Å². The van der Waals surface area contributed by atoms with Gasteiger partial charge in [-0.3, -0.25) is 9.59 Å². The van der Waals surface area contributed by atoms with Crippen LogP contribution >= 0.6 is 0 Å². The summed E-state index contributed by atoms with van der Waals surface area (Å²) in [7, 11) is 2.98. The van der Waals surface area contributed by atoms with E-state index in [0.29, 0.717) is 22.9 Å². The first-order valence-corrected chi connectivity index (χ1v) is 12.6. The molecule has 43 heavy (non-hydrogen) atoms. The van der Waals surface area contributed by atoms with Gasteiger partial charge in [-0.2, -0.15) is 19.6 Å². The summed E-state index contributed by atoms with van der Waals surface area (Å²) >= 11 is 0. The molecule has 0 fully saturated rings. The van der Waals surface area contributed by atoms with Crippen molar-refractivity contribution in [2.45, 2.75) is 0 Å². The quantitative estimate of drug-likeness (QED) is 0.176. The molecule has 0 aliphatic rings. The molecule has 0 aliphatic carbocycles. The molecule has 0 atom stereocenters. The Kier molecular flexibility index (Phi) is 9.70. The third-order valence-electron chi connectivity index (χ3n) is 5.77. The summed E-state index contributed by atoms with van der Waals surface area (Å²) in [6, 6.07) is 14.3. The van der Waals surface area contributed by atoms with E-state index in [0.717, 1.165) is 21.5 Å². The van der Waals surface area contributed by atoms with Crippen LogP contribution in [-0.4, -0.2) is 82.4 Å². The molecule has 15 nitrogen and oxygen atoms in total. The second-order valence-corrected chi connectivity index (χ2v) is 8.54. The van der Waals surface area contributed by atoms with Crippen molar-refractivity contribution in [3.05, 3.63) is 92.8 Å². The SMILES string of the molecule is COc1ccc(-n2nc(C(=O)OCCOCCOC(=O)c3nn(-c4ccc(OC)cc4)c(=O)cc3O)c(O)cc2=O)cc1. The van der Waals surface area contributed by atoms with Gasteiger partial charge in [0, 0.05) is 12.1 Å². The summed E-state index contributed by atoms with van der Waals surface area (Å²) in [4.78, 5) is 49.4. The summed E-state index contributed by atoms with van der Waals surface area (Å²) in [5.74, 6) is -2.19. The zero-order valence-electron chi connectivity index (χ0n) is 23.0. The van der Waals surface area contributed by atoms with Gasteiger partial charge in [0.1, 0.15) is 24.7 Å². The molecule has 15 heteroatoms. The Morgan fingerprint density at radius 3 is 1.37 bits per heavy atom. The molecule has 0 saturated heterocycles. The highest BCUT2D eigenvalue weighted by atomic mass is 16.6. The van der Waals surface area contributed by atoms with Crippen LogP contribution in [0.4, 0.5) is 0 Å². The van der Waals surface area contributed by atoms with Gasteiger partial charge in [-0.25, -0.2) is 9.59 Å². The molecular formula is C28H26N4O11. The molecule has 0 spiro atoms. The van der Waals surface area contributed by atoms with E-state index < -0.39 is 45.9 Å². The second-order valence-electron chi connectivity index (χ2n) is 8.54. The summed E-state index contributed by atoms with van der Waals surface area (Å²) in [6.07, 6.45) is 0. The van der Waals surface area contributed by atoms with Crippen molar-refractivity contribution >= 4 is 11.9 Å². The molecule has 0 unspecified atom stereocenters. The number of carbonyl (C=O) groups is 2. The van der Waals surface area contributed by atoms with E-state index in [2.05, 4.69) is 10.2 Å². The first-order valence-electron chi connectivity index (χ1n) is 12.6. The van der Waals surface area contributed by atoms with Gasteiger partial charge in [0.05, 0.1) is 38.8 Å². The molecule has 0 saturated carbocycles. The van der Waals surface area contributed by atoms with Gasteiger partial charge in [0.2, 0.25) is 11.4 Å². The third kappa shape index (κ3) is 7.34. The van der Waals surface area contributed by atoms with Crippen LogP contribution in [0.2, 0.25) is 0 Å². The van der Waals surface area contributed by atoms with Crippen molar-refractivity contribution in [3.63, 3.8) is 0 Å². The standard InChI is InChI=1S/C28H26N4O11/c1-39-19-7-3-17(4-8-19)31-23(35)15-21(33)25(29-31)27(37)42-13-11-41-12-14-43-28(38)26-22(34)16-24(36)32(30-26)18-5-9-20(40-2)10-6-18/h3-10,15-16,33-34H,11-14H2,1-2H3. The maximum absolute atomic E-state index is 12.4. The van der Waals surface area contributed by atoms with Crippen molar-refractivity contribution in [2.75, 3.05) is 40.6 Å². The molecule has 4 rings (SSSR count). The molecule has 4 aromatic rings. The normalized spacial score (nSPS) is 10.7. The largest absolute Gasteiger partial charge is 0.505 e. The summed E-state index contributed by atoms with van der Waals surface area (Å²) < 4.78 is 27.4. The molecule has 224 valence electrons. The number of aromatic hydroxyl groups is 2. The van der Waals surface area contributed by atoms with Gasteiger partial charge in [0.25, 0.3) is 11.1 Å². The second kappa shape index (κ2) is 13.8. The number of esters is 2. The molecule has 0 bridgehead atoms. The van der Waals surface area contributed by atoms with Crippen LogP contribution in [-0.2, 0) is 14.2 Å². The lowest BCUT2D eigenvalue weighted by atomic mass is 10.3. The van der Waals surface area contributed by atoms with Crippen LogP contribution in [0.5, 0.6) is 23.0 Å². The minimum Gasteiger partial charge on any atom is -0.505 e. The molecular weight excluding hydrogens is 568 g/mol. The van der Waals surface area contributed by atoms with Gasteiger partial charge in [-0.15, -0.1) is 0 Å². The Morgan fingerprint density at radius 2 is 1.02 bits per heavy atom. The fourth-order valence-electron chi connectivity index (χ4n) is 3.63. The average molecular weight is 595 g/mol. The maximum atomic E-state index is 12.4. The minimum absolute atomic E-state index is 0.103. The predicted molar refractivity (Wildman–Crippen MR) is 147 cm³/mol. The number of hydrogen-bond acceptors (Lipinski definition) is 13. The number of ether oxygens (including phenoxy) is 5. The first kappa shape index (κ1) is 30.3. The lowest BCUT2D eigenvalue weighted by Gasteiger charge is -2.10. The van der Waals surface area contributed by atoms with E-state index >= 15 is 0 Å².